The fourth-order valence-electron chi connectivity index (χ4n) is 4.74. The summed E-state index contributed by atoms with van der Waals surface area (Å²) in [6.45, 7) is 10.1. The van der Waals surface area contributed by atoms with E-state index in [4.69, 9.17) is 9.47 Å². The number of carbonyl (C=O) groups is 2. The van der Waals surface area contributed by atoms with E-state index in [0.29, 0.717) is 30.4 Å². The number of carbonyl (C=O) groups excluding carboxylic acids is 2. The molecular weight excluding hydrogens is 456 g/mol. The zero-order chi connectivity index (χ0) is 26.1. The summed E-state index contributed by atoms with van der Waals surface area (Å²) in [6.07, 6.45) is 2.40. The Labute approximate surface area is 214 Å². The first kappa shape index (κ1) is 27.5. The Kier molecular flexibility index (Phi) is 10.2. The van der Waals surface area contributed by atoms with E-state index in [9.17, 15) is 14.7 Å². The molecule has 1 saturated heterocycles. The molecule has 2 atom stereocenters. The average Bonchev–Trinajstić information content (AvgIpc) is 2.84. The number of aliphatic hydroxyl groups is 1. The lowest BCUT2D eigenvalue weighted by atomic mass is 9.94. The second kappa shape index (κ2) is 13.3. The number of hydrogen-bond acceptors (Lipinski definition) is 6. The molecule has 196 valence electrons. The van der Waals surface area contributed by atoms with Crippen LogP contribution in [0.4, 0.5) is 5.69 Å². The van der Waals surface area contributed by atoms with Gasteiger partial charge in [-0.15, -0.1) is 0 Å². The van der Waals surface area contributed by atoms with E-state index in [1.807, 2.05) is 19.1 Å². The Morgan fingerprint density at radius 2 is 1.92 bits per heavy atom. The standard InChI is InChI=1S/C29H40N2O5/c1-5-35-27-17-21(13-14-24(27)29(34)36-6-2)18-28(33)30-25(16-20(3)4)23-11-7-8-12-26(23)31-15-9-10-22(32)19-31/h7-8,11-14,17,20,22,25,32H,5-6,9-10,15-16,18-19H2,1-4H3,(H,30,33)/t22-,25-/m0/s1. The molecule has 1 aliphatic rings. The number of ether oxygens (including phenoxy) is 2. The van der Waals surface area contributed by atoms with Gasteiger partial charge in [-0.25, -0.2) is 4.79 Å². The third kappa shape index (κ3) is 7.47. The van der Waals surface area contributed by atoms with Gasteiger partial charge in [-0.2, -0.15) is 0 Å². The number of amides is 1. The van der Waals surface area contributed by atoms with E-state index in [2.05, 4.69) is 36.2 Å². The maximum absolute atomic E-state index is 13.2. The summed E-state index contributed by atoms with van der Waals surface area (Å²) in [7, 11) is 0. The lowest BCUT2D eigenvalue weighted by molar-refractivity contribution is -0.121. The third-order valence-electron chi connectivity index (χ3n) is 6.30. The van der Waals surface area contributed by atoms with Crippen molar-refractivity contribution in [1.29, 1.82) is 0 Å². The van der Waals surface area contributed by atoms with Gasteiger partial charge in [0.1, 0.15) is 11.3 Å². The fraction of sp³-hybridized carbons (Fsp3) is 0.517. The summed E-state index contributed by atoms with van der Waals surface area (Å²) in [6, 6.07) is 13.2. The predicted octanol–water partition coefficient (Wildman–Crippen LogP) is 4.67. The molecule has 0 unspecified atom stereocenters. The van der Waals surface area contributed by atoms with Crippen molar-refractivity contribution in [3.63, 3.8) is 0 Å². The third-order valence-corrected chi connectivity index (χ3v) is 6.30. The highest BCUT2D eigenvalue weighted by Gasteiger charge is 2.25. The lowest BCUT2D eigenvalue weighted by Crippen LogP contribution is -2.39. The minimum absolute atomic E-state index is 0.0968. The molecular formula is C29H40N2O5. The number of esters is 1. The van der Waals surface area contributed by atoms with Crippen LogP contribution in [0.2, 0.25) is 0 Å². The van der Waals surface area contributed by atoms with Gasteiger partial charge in [0.15, 0.2) is 0 Å². The predicted molar refractivity (Wildman–Crippen MR) is 142 cm³/mol. The topological polar surface area (TPSA) is 88.1 Å². The van der Waals surface area contributed by atoms with Crippen molar-refractivity contribution in [2.75, 3.05) is 31.2 Å². The molecule has 2 N–H and O–H groups in total. The number of rotatable bonds is 11. The van der Waals surface area contributed by atoms with E-state index in [1.165, 1.54) is 0 Å². The first-order chi connectivity index (χ1) is 17.3. The van der Waals surface area contributed by atoms with Gasteiger partial charge in [0, 0.05) is 18.8 Å². The van der Waals surface area contributed by atoms with Gasteiger partial charge < -0.3 is 24.8 Å². The van der Waals surface area contributed by atoms with E-state index in [-0.39, 0.29) is 31.1 Å². The van der Waals surface area contributed by atoms with Crippen LogP contribution in [0.15, 0.2) is 42.5 Å². The van der Waals surface area contributed by atoms with E-state index in [1.54, 1.807) is 25.1 Å². The number of piperidine rings is 1. The van der Waals surface area contributed by atoms with Crippen molar-refractivity contribution in [1.82, 2.24) is 5.32 Å². The van der Waals surface area contributed by atoms with Crippen molar-refractivity contribution in [2.45, 2.75) is 65.5 Å². The minimum atomic E-state index is -0.437. The molecule has 0 saturated carbocycles. The number of benzene rings is 2. The van der Waals surface area contributed by atoms with Gasteiger partial charge in [0.2, 0.25) is 5.91 Å². The molecule has 1 heterocycles. The summed E-state index contributed by atoms with van der Waals surface area (Å²) in [5, 5.41) is 13.5. The SMILES string of the molecule is CCOC(=O)c1ccc(CC(=O)N[C@@H](CC(C)C)c2ccccc2N2CCC[C@H](O)C2)cc1OCC. The van der Waals surface area contributed by atoms with Crippen LogP contribution in [0, 0.1) is 5.92 Å². The molecule has 0 spiro atoms. The van der Waals surface area contributed by atoms with Crippen molar-refractivity contribution < 1.29 is 24.2 Å². The second-order valence-electron chi connectivity index (χ2n) is 9.71. The average molecular weight is 497 g/mol. The lowest BCUT2D eigenvalue weighted by Gasteiger charge is -2.35. The molecule has 2 aromatic carbocycles. The Morgan fingerprint density at radius 1 is 1.14 bits per heavy atom. The summed E-state index contributed by atoms with van der Waals surface area (Å²) in [4.78, 5) is 27.7. The minimum Gasteiger partial charge on any atom is -0.493 e. The van der Waals surface area contributed by atoms with Crippen LogP contribution in [0.3, 0.4) is 0 Å². The largest absolute Gasteiger partial charge is 0.493 e. The molecule has 1 amide bonds. The van der Waals surface area contributed by atoms with Crippen LogP contribution >= 0.6 is 0 Å². The number of aliphatic hydroxyl groups excluding tert-OH is 1. The Morgan fingerprint density at radius 3 is 2.61 bits per heavy atom. The number of nitrogens with zero attached hydrogens (tertiary/aromatic N) is 1. The van der Waals surface area contributed by atoms with Crippen molar-refractivity contribution in [3.05, 3.63) is 59.2 Å². The molecule has 0 aliphatic carbocycles. The van der Waals surface area contributed by atoms with Crippen LogP contribution in [0.25, 0.3) is 0 Å². The molecule has 36 heavy (non-hydrogen) atoms. The van der Waals surface area contributed by atoms with E-state index < -0.39 is 5.97 Å². The van der Waals surface area contributed by atoms with Gasteiger partial charge in [-0.05, 0) is 68.4 Å². The number of nitrogens with one attached hydrogen (secondary N) is 1. The smallest absolute Gasteiger partial charge is 0.341 e. The maximum atomic E-state index is 13.2. The molecule has 0 radical (unpaired) electrons. The summed E-state index contributed by atoms with van der Waals surface area (Å²) >= 11 is 0. The second-order valence-corrected chi connectivity index (χ2v) is 9.71. The maximum Gasteiger partial charge on any atom is 0.341 e. The Bertz CT molecular complexity index is 1020. The summed E-state index contributed by atoms with van der Waals surface area (Å²) < 4.78 is 10.8. The van der Waals surface area contributed by atoms with E-state index in [0.717, 1.165) is 42.6 Å². The van der Waals surface area contributed by atoms with Crippen LogP contribution in [-0.4, -0.2) is 49.4 Å². The highest BCUT2D eigenvalue weighted by molar-refractivity contribution is 5.93. The highest BCUT2D eigenvalue weighted by atomic mass is 16.5. The molecule has 0 bridgehead atoms. The zero-order valence-electron chi connectivity index (χ0n) is 22.0. The molecule has 7 nitrogen and oxygen atoms in total. The normalized spacial score (nSPS) is 16.5. The van der Waals surface area contributed by atoms with Crippen LogP contribution < -0.4 is 15.0 Å². The zero-order valence-corrected chi connectivity index (χ0v) is 22.0. The van der Waals surface area contributed by atoms with Crippen molar-refractivity contribution in [3.8, 4) is 5.75 Å². The number of hydrogen-bond donors (Lipinski definition) is 2. The van der Waals surface area contributed by atoms with Gasteiger partial charge in [0.05, 0.1) is 31.8 Å². The molecule has 0 aromatic heterocycles. The van der Waals surface area contributed by atoms with Crippen LogP contribution in [0.5, 0.6) is 5.75 Å². The molecule has 1 aliphatic heterocycles. The van der Waals surface area contributed by atoms with Gasteiger partial charge in [-0.3, -0.25) is 4.79 Å². The van der Waals surface area contributed by atoms with Crippen molar-refractivity contribution >= 4 is 17.6 Å². The monoisotopic (exact) mass is 496 g/mol. The van der Waals surface area contributed by atoms with E-state index >= 15 is 0 Å². The van der Waals surface area contributed by atoms with Gasteiger partial charge >= 0.3 is 5.97 Å². The van der Waals surface area contributed by atoms with Crippen LogP contribution in [-0.2, 0) is 16.0 Å². The molecule has 2 aromatic rings. The quantitative estimate of drug-likeness (QED) is 0.440. The fourth-order valence-corrected chi connectivity index (χ4v) is 4.74. The summed E-state index contributed by atoms with van der Waals surface area (Å²) in [5.41, 5.74) is 3.26. The number of anilines is 1. The Balaban J connectivity index is 1.80. The number of β-amino-alcohol motifs (C(OH)–C–C–N with tert-alkyl or cyclic N) is 1. The first-order valence-electron chi connectivity index (χ1n) is 13.1. The molecule has 3 rings (SSSR count). The van der Waals surface area contributed by atoms with Gasteiger partial charge in [0.25, 0.3) is 0 Å². The number of para-hydroxylation sites is 1. The van der Waals surface area contributed by atoms with Gasteiger partial charge in [-0.1, -0.05) is 38.1 Å². The molecule has 7 heteroatoms. The highest BCUT2D eigenvalue weighted by Crippen LogP contribution is 2.32. The Hall–Kier alpha value is -3.06. The van der Waals surface area contributed by atoms with Crippen LogP contribution in [0.1, 0.15) is 74.5 Å². The molecule has 1 fully saturated rings. The summed E-state index contributed by atoms with van der Waals surface area (Å²) in [5.74, 6) is 0.270. The van der Waals surface area contributed by atoms with Crippen molar-refractivity contribution in [2.24, 2.45) is 5.92 Å². The first-order valence-corrected chi connectivity index (χ1v) is 13.1.